The Morgan fingerprint density at radius 2 is 2.22 bits per heavy atom. The van der Waals surface area contributed by atoms with E-state index < -0.39 is 23.6 Å². The van der Waals surface area contributed by atoms with E-state index in [4.69, 9.17) is 16.4 Å². The number of pyridine rings is 1. The van der Waals surface area contributed by atoms with Gasteiger partial charge in [-0.1, -0.05) is 11.6 Å². The molecule has 3 N–H and O–H groups in total. The lowest BCUT2D eigenvalue weighted by Crippen LogP contribution is -2.28. The lowest BCUT2D eigenvalue weighted by molar-refractivity contribution is -0.00686. The van der Waals surface area contributed by atoms with Gasteiger partial charge in [-0.2, -0.15) is 0 Å². The van der Waals surface area contributed by atoms with Crippen molar-refractivity contribution in [2.45, 2.75) is 13.0 Å². The number of amides is 1. The SMILES string of the molecule is C[C@H](O)CONC(=O)c1cn2ccnc2c(F)c1Nc1ccc(Cl)cc1F. The van der Waals surface area contributed by atoms with Gasteiger partial charge in [0.15, 0.2) is 11.5 Å². The fourth-order valence-corrected chi connectivity index (χ4v) is 2.48. The first-order valence-corrected chi connectivity index (χ1v) is 8.22. The summed E-state index contributed by atoms with van der Waals surface area (Å²) in [6, 6.07) is 3.80. The molecule has 2 aromatic heterocycles. The Morgan fingerprint density at radius 1 is 1.44 bits per heavy atom. The number of halogens is 3. The van der Waals surface area contributed by atoms with Gasteiger partial charge >= 0.3 is 0 Å². The lowest BCUT2D eigenvalue weighted by atomic mass is 10.2. The molecular formula is C17H15ClF2N4O3. The zero-order valence-corrected chi connectivity index (χ0v) is 14.8. The third-order valence-electron chi connectivity index (χ3n) is 3.55. The van der Waals surface area contributed by atoms with Crippen LogP contribution in [0.4, 0.5) is 20.2 Å². The van der Waals surface area contributed by atoms with Gasteiger partial charge in [0.25, 0.3) is 5.91 Å². The quantitative estimate of drug-likeness (QED) is 0.557. The first kappa shape index (κ1) is 19.0. The molecule has 7 nitrogen and oxygen atoms in total. The Hall–Kier alpha value is -2.75. The fourth-order valence-electron chi connectivity index (χ4n) is 2.32. The van der Waals surface area contributed by atoms with Crippen LogP contribution in [0.2, 0.25) is 5.02 Å². The number of rotatable bonds is 6. The van der Waals surface area contributed by atoms with E-state index in [1.807, 2.05) is 0 Å². The number of nitrogens with one attached hydrogen (secondary N) is 2. The highest BCUT2D eigenvalue weighted by Gasteiger charge is 2.21. The van der Waals surface area contributed by atoms with Crippen LogP contribution in [-0.2, 0) is 4.84 Å². The Kier molecular flexibility index (Phi) is 5.54. The molecule has 0 aliphatic heterocycles. The summed E-state index contributed by atoms with van der Waals surface area (Å²) in [4.78, 5) is 21.2. The number of benzene rings is 1. The third kappa shape index (κ3) is 4.16. The van der Waals surface area contributed by atoms with Crippen LogP contribution in [0.25, 0.3) is 5.65 Å². The fraction of sp³-hybridized carbons (Fsp3) is 0.176. The van der Waals surface area contributed by atoms with E-state index in [9.17, 15) is 18.7 Å². The molecule has 0 unspecified atom stereocenters. The number of aromatic nitrogens is 2. The number of aliphatic hydroxyl groups is 1. The molecule has 142 valence electrons. The molecule has 0 aliphatic carbocycles. The number of carbonyl (C=O) groups is 1. The number of hydrogen-bond donors (Lipinski definition) is 3. The van der Waals surface area contributed by atoms with E-state index in [-0.39, 0.29) is 34.2 Å². The van der Waals surface area contributed by atoms with Crippen LogP contribution in [0.15, 0.2) is 36.8 Å². The summed E-state index contributed by atoms with van der Waals surface area (Å²) in [5.74, 6) is -2.36. The monoisotopic (exact) mass is 396 g/mol. The zero-order valence-electron chi connectivity index (χ0n) is 14.0. The van der Waals surface area contributed by atoms with Gasteiger partial charge in [-0.15, -0.1) is 0 Å². The van der Waals surface area contributed by atoms with E-state index in [1.165, 1.54) is 42.0 Å². The molecule has 2 heterocycles. The van der Waals surface area contributed by atoms with Gasteiger partial charge in [0.05, 0.1) is 23.0 Å². The van der Waals surface area contributed by atoms with E-state index in [2.05, 4.69) is 15.8 Å². The molecular weight excluding hydrogens is 382 g/mol. The Labute approximate surface area is 157 Å². The minimum atomic E-state index is -0.850. The predicted octanol–water partition coefficient (Wildman–Crippen LogP) is 3.05. The number of imidazole rings is 1. The molecule has 0 saturated heterocycles. The van der Waals surface area contributed by atoms with Crippen molar-refractivity contribution in [2.24, 2.45) is 0 Å². The van der Waals surface area contributed by atoms with Crippen molar-refractivity contribution in [1.82, 2.24) is 14.9 Å². The number of nitrogens with zero attached hydrogens (tertiary/aromatic N) is 2. The molecule has 0 radical (unpaired) electrons. The molecule has 0 aliphatic rings. The van der Waals surface area contributed by atoms with Gasteiger partial charge in [-0.05, 0) is 25.1 Å². The summed E-state index contributed by atoms with van der Waals surface area (Å²) in [5.41, 5.74) is 1.55. The molecule has 1 atom stereocenters. The predicted molar refractivity (Wildman–Crippen MR) is 94.9 cm³/mol. The number of hydrogen-bond acceptors (Lipinski definition) is 5. The van der Waals surface area contributed by atoms with Crippen LogP contribution < -0.4 is 10.8 Å². The number of aliphatic hydroxyl groups excluding tert-OH is 1. The zero-order chi connectivity index (χ0) is 19.6. The van der Waals surface area contributed by atoms with Crippen LogP contribution in [0.3, 0.4) is 0 Å². The smallest absolute Gasteiger partial charge is 0.278 e. The molecule has 0 saturated carbocycles. The van der Waals surface area contributed by atoms with Crippen LogP contribution in [-0.4, -0.2) is 33.1 Å². The van der Waals surface area contributed by atoms with Gasteiger partial charge in [0.2, 0.25) is 0 Å². The number of fused-ring (bicyclic) bond motifs is 1. The highest BCUT2D eigenvalue weighted by molar-refractivity contribution is 6.30. The minimum Gasteiger partial charge on any atom is -0.391 e. The second kappa shape index (κ2) is 7.87. The largest absolute Gasteiger partial charge is 0.391 e. The average molecular weight is 397 g/mol. The normalized spacial score (nSPS) is 12.2. The van der Waals surface area contributed by atoms with Crippen LogP contribution in [0.5, 0.6) is 0 Å². The highest BCUT2D eigenvalue weighted by atomic mass is 35.5. The number of carbonyl (C=O) groups excluding carboxylic acids is 1. The lowest BCUT2D eigenvalue weighted by Gasteiger charge is -2.15. The van der Waals surface area contributed by atoms with Crippen molar-refractivity contribution in [3.8, 4) is 0 Å². The molecule has 3 rings (SSSR count). The minimum absolute atomic E-state index is 0.0479. The summed E-state index contributed by atoms with van der Waals surface area (Å²) >= 11 is 5.72. The van der Waals surface area contributed by atoms with Gasteiger partial charge < -0.3 is 14.8 Å². The van der Waals surface area contributed by atoms with E-state index >= 15 is 0 Å². The van der Waals surface area contributed by atoms with E-state index in [0.717, 1.165) is 6.07 Å². The second-order valence-electron chi connectivity index (χ2n) is 5.73. The van der Waals surface area contributed by atoms with Gasteiger partial charge in [-0.25, -0.2) is 19.2 Å². The molecule has 0 bridgehead atoms. The number of hydroxylamine groups is 1. The van der Waals surface area contributed by atoms with Gasteiger partial charge in [-0.3, -0.25) is 9.63 Å². The summed E-state index contributed by atoms with van der Waals surface area (Å²) < 4.78 is 30.3. The highest BCUT2D eigenvalue weighted by Crippen LogP contribution is 2.29. The van der Waals surface area contributed by atoms with E-state index in [1.54, 1.807) is 0 Å². The van der Waals surface area contributed by atoms with Crippen LogP contribution in [0, 0.1) is 11.6 Å². The van der Waals surface area contributed by atoms with Gasteiger partial charge in [0.1, 0.15) is 12.4 Å². The summed E-state index contributed by atoms with van der Waals surface area (Å²) in [6.07, 6.45) is 3.33. The third-order valence-corrected chi connectivity index (χ3v) is 3.78. The van der Waals surface area contributed by atoms with Crippen molar-refractivity contribution < 1.29 is 23.5 Å². The second-order valence-corrected chi connectivity index (χ2v) is 6.17. The Balaban J connectivity index is 2.00. The van der Waals surface area contributed by atoms with E-state index in [0.29, 0.717) is 0 Å². The summed E-state index contributed by atoms with van der Waals surface area (Å²) in [6.45, 7) is 1.32. The molecule has 1 amide bonds. The molecule has 10 heteroatoms. The molecule has 0 spiro atoms. The maximum atomic E-state index is 14.9. The maximum Gasteiger partial charge on any atom is 0.278 e. The maximum absolute atomic E-state index is 14.9. The van der Waals surface area contributed by atoms with Crippen molar-refractivity contribution >= 4 is 34.5 Å². The van der Waals surface area contributed by atoms with Crippen molar-refractivity contribution in [3.05, 3.63) is 59.0 Å². The summed E-state index contributed by atoms with van der Waals surface area (Å²) in [5, 5.41) is 11.9. The van der Waals surface area contributed by atoms with Crippen molar-refractivity contribution in [3.63, 3.8) is 0 Å². The van der Waals surface area contributed by atoms with Crippen molar-refractivity contribution in [1.29, 1.82) is 0 Å². The van der Waals surface area contributed by atoms with Crippen molar-refractivity contribution in [2.75, 3.05) is 11.9 Å². The topological polar surface area (TPSA) is 87.9 Å². The van der Waals surface area contributed by atoms with Crippen LogP contribution in [0.1, 0.15) is 17.3 Å². The molecule has 0 fully saturated rings. The van der Waals surface area contributed by atoms with Crippen LogP contribution >= 0.6 is 11.6 Å². The molecule has 1 aromatic carbocycles. The molecule has 3 aromatic rings. The first-order chi connectivity index (χ1) is 12.9. The summed E-state index contributed by atoms with van der Waals surface area (Å²) in [7, 11) is 0. The van der Waals surface area contributed by atoms with Gasteiger partial charge in [0, 0.05) is 23.6 Å². The Bertz CT molecular complexity index is 994. The Morgan fingerprint density at radius 3 is 2.93 bits per heavy atom. The molecule has 27 heavy (non-hydrogen) atoms. The standard InChI is InChI=1S/C17H15ClF2N4O3/c1-9(25)8-27-23-17(26)11-7-24-5-4-21-16(24)14(20)15(11)22-13-3-2-10(18)6-12(13)19/h2-7,9,22,25H,8H2,1H3,(H,23,26)/t9-/m0/s1. The average Bonchev–Trinajstić information content (AvgIpc) is 3.07. The first-order valence-electron chi connectivity index (χ1n) is 7.84. The number of anilines is 2.